The third-order valence-electron chi connectivity index (χ3n) is 5.51. The normalized spacial score (nSPS) is 18.8. The van der Waals surface area contributed by atoms with Crippen LogP contribution in [0.1, 0.15) is 32.6 Å². The van der Waals surface area contributed by atoms with E-state index in [1.165, 1.54) is 19.3 Å². The molecule has 29 heavy (non-hydrogen) atoms. The number of para-hydroxylation sites is 4. The lowest BCUT2D eigenvalue weighted by Crippen LogP contribution is -2.45. The molecule has 1 atom stereocenters. The van der Waals surface area contributed by atoms with E-state index in [0.29, 0.717) is 12.3 Å². The molecule has 0 spiro atoms. The largest absolute Gasteiger partial charge is 0.479 e. The molecule has 0 aliphatic carbocycles. The summed E-state index contributed by atoms with van der Waals surface area (Å²) < 4.78 is 5.66. The minimum absolute atomic E-state index is 0.0983. The summed E-state index contributed by atoms with van der Waals surface area (Å²) in [5, 5.41) is 3.05. The maximum atomic E-state index is 12.7. The predicted molar refractivity (Wildman–Crippen MR) is 115 cm³/mol. The second-order valence-electron chi connectivity index (χ2n) is 7.58. The quantitative estimate of drug-likeness (QED) is 0.839. The summed E-state index contributed by atoms with van der Waals surface area (Å²) in [5.74, 6) is 0.458. The number of nitrogens with zero attached hydrogens (tertiary/aromatic N) is 2. The molecule has 0 bridgehead atoms. The van der Waals surface area contributed by atoms with Crippen molar-refractivity contribution in [3.8, 4) is 5.75 Å². The van der Waals surface area contributed by atoms with Crippen LogP contribution in [0.5, 0.6) is 5.75 Å². The van der Waals surface area contributed by atoms with Crippen molar-refractivity contribution >= 4 is 28.9 Å². The summed E-state index contributed by atoms with van der Waals surface area (Å²) in [6, 6.07) is 15.4. The standard InChI is InChI=1S/C23H27N3O3/c1-17-23(28)26(20-11-5-6-12-21(20)29-17)16-13-22(27)24-18-9-3-4-10-19(18)25-14-7-2-8-15-25/h3-6,9-12,17H,2,7-8,13-16H2,1H3,(H,24,27). The monoisotopic (exact) mass is 393 g/mol. The van der Waals surface area contributed by atoms with Crippen molar-refractivity contribution in [3.05, 3.63) is 48.5 Å². The van der Waals surface area contributed by atoms with Crippen molar-refractivity contribution in [3.63, 3.8) is 0 Å². The third-order valence-corrected chi connectivity index (χ3v) is 5.51. The Morgan fingerprint density at radius 3 is 2.52 bits per heavy atom. The molecular formula is C23H27N3O3. The lowest BCUT2D eigenvalue weighted by atomic mass is 10.1. The zero-order valence-corrected chi connectivity index (χ0v) is 16.8. The van der Waals surface area contributed by atoms with Crippen molar-refractivity contribution in [2.45, 2.75) is 38.7 Å². The minimum Gasteiger partial charge on any atom is -0.479 e. The summed E-state index contributed by atoms with van der Waals surface area (Å²) in [5.41, 5.74) is 2.63. The summed E-state index contributed by atoms with van der Waals surface area (Å²) in [7, 11) is 0. The topological polar surface area (TPSA) is 61.9 Å². The van der Waals surface area contributed by atoms with E-state index in [-0.39, 0.29) is 18.2 Å². The van der Waals surface area contributed by atoms with Crippen LogP contribution in [0.3, 0.4) is 0 Å². The Bertz CT molecular complexity index is 892. The van der Waals surface area contributed by atoms with E-state index in [1.807, 2.05) is 42.5 Å². The van der Waals surface area contributed by atoms with Gasteiger partial charge in [-0.1, -0.05) is 24.3 Å². The average Bonchev–Trinajstić information content (AvgIpc) is 2.75. The number of amides is 2. The third kappa shape index (κ3) is 4.21. The molecule has 0 radical (unpaired) electrons. The number of carbonyl (C=O) groups is 2. The lowest BCUT2D eigenvalue weighted by Gasteiger charge is -2.33. The average molecular weight is 393 g/mol. The molecule has 0 saturated carbocycles. The van der Waals surface area contributed by atoms with Gasteiger partial charge in [0.2, 0.25) is 5.91 Å². The Hall–Kier alpha value is -3.02. The fraction of sp³-hybridized carbons (Fsp3) is 0.391. The molecule has 2 heterocycles. The summed E-state index contributed by atoms with van der Waals surface area (Å²) >= 11 is 0. The first kappa shape index (κ1) is 19.3. The molecule has 1 unspecified atom stereocenters. The Balaban J connectivity index is 1.43. The number of hydrogen-bond acceptors (Lipinski definition) is 4. The number of nitrogens with one attached hydrogen (secondary N) is 1. The SMILES string of the molecule is CC1Oc2ccccc2N(CCC(=O)Nc2ccccc2N2CCCCC2)C1=O. The number of hydrogen-bond donors (Lipinski definition) is 1. The molecule has 6 nitrogen and oxygen atoms in total. The Morgan fingerprint density at radius 2 is 1.72 bits per heavy atom. The summed E-state index contributed by atoms with van der Waals surface area (Å²) in [4.78, 5) is 29.3. The van der Waals surface area contributed by atoms with Crippen LogP contribution >= 0.6 is 0 Å². The summed E-state index contributed by atoms with van der Waals surface area (Å²) in [6.07, 6.45) is 3.30. The van der Waals surface area contributed by atoms with Crippen molar-refractivity contribution in [1.82, 2.24) is 0 Å². The van der Waals surface area contributed by atoms with E-state index in [9.17, 15) is 9.59 Å². The molecule has 2 aliphatic rings. The number of anilines is 3. The number of ether oxygens (including phenoxy) is 1. The van der Waals surface area contributed by atoms with Crippen molar-refractivity contribution in [1.29, 1.82) is 0 Å². The van der Waals surface area contributed by atoms with Gasteiger partial charge in [-0.2, -0.15) is 0 Å². The van der Waals surface area contributed by atoms with Crippen LogP contribution in [-0.2, 0) is 9.59 Å². The summed E-state index contributed by atoms with van der Waals surface area (Å²) in [6.45, 7) is 4.09. The highest BCUT2D eigenvalue weighted by Crippen LogP contribution is 2.34. The van der Waals surface area contributed by atoms with Crippen molar-refractivity contribution < 1.29 is 14.3 Å². The number of piperidine rings is 1. The molecular weight excluding hydrogens is 366 g/mol. The highest BCUT2D eigenvalue weighted by molar-refractivity contribution is 6.01. The van der Waals surface area contributed by atoms with Gasteiger partial charge in [0.15, 0.2) is 6.10 Å². The van der Waals surface area contributed by atoms with Crippen LogP contribution in [0.4, 0.5) is 17.1 Å². The molecule has 152 valence electrons. The molecule has 1 fully saturated rings. The second-order valence-corrected chi connectivity index (χ2v) is 7.58. The smallest absolute Gasteiger partial charge is 0.267 e. The van der Waals surface area contributed by atoms with Crippen molar-refractivity contribution in [2.75, 3.05) is 34.8 Å². The predicted octanol–water partition coefficient (Wildman–Crippen LogP) is 3.82. The van der Waals surface area contributed by atoms with Crippen LogP contribution in [0.15, 0.2) is 48.5 Å². The van der Waals surface area contributed by atoms with Crippen LogP contribution in [0.2, 0.25) is 0 Å². The first-order valence-electron chi connectivity index (χ1n) is 10.3. The Kier molecular flexibility index (Phi) is 5.69. The zero-order chi connectivity index (χ0) is 20.2. The fourth-order valence-electron chi connectivity index (χ4n) is 4.01. The van der Waals surface area contributed by atoms with E-state index in [0.717, 1.165) is 30.2 Å². The first-order valence-corrected chi connectivity index (χ1v) is 10.3. The number of carbonyl (C=O) groups excluding carboxylic acids is 2. The van der Waals surface area contributed by atoms with E-state index in [4.69, 9.17) is 4.74 Å². The molecule has 1 N–H and O–H groups in total. The van der Waals surface area contributed by atoms with Gasteiger partial charge in [0.05, 0.1) is 17.1 Å². The van der Waals surface area contributed by atoms with Crippen molar-refractivity contribution in [2.24, 2.45) is 0 Å². The van der Waals surface area contributed by atoms with Gasteiger partial charge in [-0.25, -0.2) is 0 Å². The van der Waals surface area contributed by atoms with Crippen LogP contribution in [0.25, 0.3) is 0 Å². The number of fused-ring (bicyclic) bond motifs is 1. The van der Waals surface area contributed by atoms with E-state index >= 15 is 0 Å². The van der Waals surface area contributed by atoms with Gasteiger partial charge in [0, 0.05) is 26.1 Å². The maximum absolute atomic E-state index is 12.7. The highest BCUT2D eigenvalue weighted by Gasteiger charge is 2.31. The molecule has 0 aromatic heterocycles. The van der Waals surface area contributed by atoms with Gasteiger partial charge in [-0.05, 0) is 50.5 Å². The van der Waals surface area contributed by atoms with Gasteiger partial charge in [0.1, 0.15) is 5.75 Å². The molecule has 2 amide bonds. The lowest BCUT2D eigenvalue weighted by molar-refractivity contribution is -0.125. The van der Waals surface area contributed by atoms with Crippen LogP contribution < -0.4 is 19.9 Å². The van der Waals surface area contributed by atoms with E-state index in [1.54, 1.807) is 11.8 Å². The molecule has 6 heteroatoms. The highest BCUT2D eigenvalue weighted by atomic mass is 16.5. The molecule has 1 saturated heterocycles. The van der Waals surface area contributed by atoms with Gasteiger partial charge < -0.3 is 19.9 Å². The van der Waals surface area contributed by atoms with E-state index < -0.39 is 6.10 Å². The second kappa shape index (κ2) is 8.55. The zero-order valence-electron chi connectivity index (χ0n) is 16.8. The first-order chi connectivity index (χ1) is 14.1. The number of rotatable bonds is 5. The van der Waals surface area contributed by atoms with Gasteiger partial charge in [-0.3, -0.25) is 9.59 Å². The van der Waals surface area contributed by atoms with Gasteiger partial charge >= 0.3 is 0 Å². The molecule has 2 aliphatic heterocycles. The fourth-order valence-corrected chi connectivity index (χ4v) is 4.01. The van der Waals surface area contributed by atoms with Gasteiger partial charge in [-0.15, -0.1) is 0 Å². The number of benzene rings is 2. The Labute approximate surface area is 171 Å². The van der Waals surface area contributed by atoms with E-state index in [2.05, 4.69) is 16.3 Å². The Morgan fingerprint density at radius 1 is 1.03 bits per heavy atom. The maximum Gasteiger partial charge on any atom is 0.267 e. The molecule has 2 aromatic carbocycles. The van der Waals surface area contributed by atoms with Gasteiger partial charge in [0.25, 0.3) is 5.91 Å². The van der Waals surface area contributed by atoms with Crippen LogP contribution in [0, 0.1) is 0 Å². The minimum atomic E-state index is -0.548. The van der Waals surface area contributed by atoms with Crippen LogP contribution in [-0.4, -0.2) is 37.6 Å². The molecule has 2 aromatic rings. The molecule has 4 rings (SSSR count).